The molecule has 0 saturated carbocycles. The van der Waals surface area contributed by atoms with Crippen molar-refractivity contribution in [3.63, 3.8) is 0 Å². The second-order valence-corrected chi connectivity index (χ2v) is 20.5. The van der Waals surface area contributed by atoms with E-state index in [-0.39, 0.29) is 25.9 Å². The molecule has 0 rings (SSSR count). The summed E-state index contributed by atoms with van der Waals surface area (Å²) in [7, 11) is -4.75. The number of hydrogen-bond donors (Lipinski definition) is 2. The third-order valence-corrected chi connectivity index (χ3v) is 13.2. The molecule has 2 N–H and O–H groups in total. The first-order valence-electron chi connectivity index (χ1n) is 28.5. The van der Waals surface area contributed by atoms with E-state index in [2.05, 4.69) is 69.4 Å². The minimum absolute atomic E-state index is 0.160. The van der Waals surface area contributed by atoms with Gasteiger partial charge in [0.05, 0.1) is 19.8 Å². The summed E-state index contributed by atoms with van der Waals surface area (Å²) in [5.74, 6) is -1.48. The van der Waals surface area contributed by atoms with E-state index >= 15 is 0 Å². The Morgan fingerprint density at radius 1 is 0.414 bits per heavy atom. The number of hydrogen-bond acceptors (Lipinski definition) is 10. The molecule has 0 radical (unpaired) electrons. The van der Waals surface area contributed by atoms with Crippen LogP contribution in [0.4, 0.5) is 0 Å². The molecule has 0 spiro atoms. The Labute approximate surface area is 428 Å². The molecule has 0 amide bonds. The fourth-order valence-corrected chi connectivity index (χ4v) is 8.68. The van der Waals surface area contributed by atoms with Crippen LogP contribution in [0, 0.1) is 0 Å². The Morgan fingerprint density at radius 3 is 1.16 bits per heavy atom. The molecule has 0 heterocycles. The third-order valence-electron chi connectivity index (χ3n) is 12.2. The molecule has 0 bridgehead atoms. The van der Waals surface area contributed by atoms with Crippen molar-refractivity contribution in [1.82, 2.24) is 0 Å². The second-order valence-electron chi connectivity index (χ2n) is 19.1. The minimum Gasteiger partial charge on any atom is -0.462 e. The molecule has 0 aromatic heterocycles. The molecular formula is C58H105O11P. The molecule has 0 fully saturated rings. The normalized spacial score (nSPS) is 13.7. The number of phosphoric acid groups is 1. The molecule has 70 heavy (non-hydrogen) atoms. The van der Waals surface area contributed by atoms with Gasteiger partial charge in [-0.3, -0.25) is 23.4 Å². The van der Waals surface area contributed by atoms with Crippen LogP contribution < -0.4 is 0 Å². The highest BCUT2D eigenvalue weighted by Crippen LogP contribution is 2.43. The van der Waals surface area contributed by atoms with Gasteiger partial charge in [-0.2, -0.15) is 0 Å². The standard InChI is InChI=1S/C58H105O11P/c1-4-7-10-13-16-19-22-24-26-27-29-31-34-37-40-43-46-49-58(62)69-55(51-65-56(60)47-44-41-38-35-33-30-28-25-23-20-17-14-11-8-5-2)53-67-70(63,64)66-52-54(50-59)68-57(61)48-45-42-39-36-32-21-18-15-12-9-6-3/h8,11,17,20,24-26,28,54-55,59H,4-7,9-10,12-16,18-19,21-23,27,29-53H2,1-3H3,(H,63,64)/b11-8-,20-17-,26-24-,28-25-. The van der Waals surface area contributed by atoms with E-state index in [1.54, 1.807) is 0 Å². The van der Waals surface area contributed by atoms with E-state index in [4.69, 9.17) is 23.3 Å². The summed E-state index contributed by atoms with van der Waals surface area (Å²) in [4.78, 5) is 48.5. The van der Waals surface area contributed by atoms with Crippen molar-refractivity contribution < 1.29 is 52.2 Å². The molecule has 0 aliphatic rings. The lowest BCUT2D eigenvalue weighted by Gasteiger charge is -2.21. The molecule has 0 saturated heterocycles. The molecule has 3 atom stereocenters. The average Bonchev–Trinajstić information content (AvgIpc) is 3.35. The molecule has 12 heteroatoms. The van der Waals surface area contributed by atoms with E-state index in [1.807, 2.05) is 0 Å². The summed E-state index contributed by atoms with van der Waals surface area (Å²) >= 11 is 0. The highest BCUT2D eigenvalue weighted by atomic mass is 31.2. The van der Waals surface area contributed by atoms with E-state index in [0.29, 0.717) is 19.3 Å². The van der Waals surface area contributed by atoms with E-state index < -0.39 is 57.8 Å². The first-order valence-corrected chi connectivity index (χ1v) is 30.0. The van der Waals surface area contributed by atoms with Gasteiger partial charge >= 0.3 is 25.7 Å². The van der Waals surface area contributed by atoms with Crippen LogP contribution >= 0.6 is 7.82 Å². The van der Waals surface area contributed by atoms with E-state index in [1.165, 1.54) is 109 Å². The maximum absolute atomic E-state index is 12.9. The number of ether oxygens (including phenoxy) is 3. The number of esters is 3. The van der Waals surface area contributed by atoms with E-state index in [9.17, 15) is 28.9 Å². The second kappa shape index (κ2) is 52.8. The van der Waals surface area contributed by atoms with Crippen molar-refractivity contribution in [2.75, 3.05) is 26.4 Å². The zero-order valence-corrected chi connectivity index (χ0v) is 45.9. The van der Waals surface area contributed by atoms with E-state index in [0.717, 1.165) is 96.3 Å². The van der Waals surface area contributed by atoms with Gasteiger partial charge in [-0.25, -0.2) is 4.57 Å². The van der Waals surface area contributed by atoms with Crippen LogP contribution in [0.25, 0.3) is 0 Å². The smallest absolute Gasteiger partial charge is 0.462 e. The lowest BCUT2D eigenvalue weighted by Crippen LogP contribution is -2.30. The van der Waals surface area contributed by atoms with Gasteiger partial charge in [-0.05, 0) is 77.0 Å². The number of carbonyl (C=O) groups excluding carboxylic acids is 3. The molecule has 3 unspecified atom stereocenters. The SMILES string of the molecule is CC/C=C\C/C=C\C/C=C\CCCCCCCC(=O)OCC(COP(=O)(O)OCC(CO)OC(=O)CCCCCCCCCCCCC)OC(=O)CCCCCCCCC/C=C\CCCCCCCC. The maximum atomic E-state index is 12.9. The monoisotopic (exact) mass is 1010 g/mol. The van der Waals surface area contributed by atoms with Crippen LogP contribution in [0.5, 0.6) is 0 Å². The van der Waals surface area contributed by atoms with Gasteiger partial charge in [-0.1, -0.05) is 217 Å². The van der Waals surface area contributed by atoms with Gasteiger partial charge in [0, 0.05) is 19.3 Å². The highest BCUT2D eigenvalue weighted by molar-refractivity contribution is 7.47. The number of rotatable bonds is 53. The van der Waals surface area contributed by atoms with Crippen LogP contribution in [0.1, 0.15) is 265 Å². The van der Waals surface area contributed by atoms with Crippen LogP contribution in [0.15, 0.2) is 48.6 Å². The Morgan fingerprint density at radius 2 is 0.743 bits per heavy atom. The number of unbranched alkanes of at least 4 members (excludes halogenated alkanes) is 28. The molecule has 0 aromatic carbocycles. The Balaban J connectivity index is 4.74. The summed E-state index contributed by atoms with van der Waals surface area (Å²) < 4.78 is 39.5. The van der Waals surface area contributed by atoms with Crippen LogP contribution in [0.2, 0.25) is 0 Å². The number of aliphatic hydroxyl groups excluding tert-OH is 1. The molecule has 0 aliphatic carbocycles. The number of aliphatic hydroxyl groups is 1. The number of phosphoric ester groups is 1. The predicted octanol–water partition coefficient (Wildman–Crippen LogP) is 16.6. The van der Waals surface area contributed by atoms with Gasteiger partial charge in [0.2, 0.25) is 0 Å². The van der Waals surface area contributed by atoms with Crippen molar-refractivity contribution in [2.24, 2.45) is 0 Å². The predicted molar refractivity (Wildman–Crippen MR) is 289 cm³/mol. The van der Waals surface area contributed by atoms with Gasteiger partial charge in [0.1, 0.15) is 12.7 Å². The number of allylic oxidation sites excluding steroid dienone is 8. The summed E-state index contributed by atoms with van der Waals surface area (Å²) in [6.45, 7) is 4.52. The van der Waals surface area contributed by atoms with Crippen LogP contribution in [-0.4, -0.2) is 66.5 Å². The first-order chi connectivity index (χ1) is 34.2. The molecule has 0 aromatic rings. The number of carbonyl (C=O) groups is 3. The zero-order valence-electron chi connectivity index (χ0n) is 45.0. The average molecular weight is 1010 g/mol. The lowest BCUT2D eigenvalue weighted by atomic mass is 10.1. The molecule has 11 nitrogen and oxygen atoms in total. The highest BCUT2D eigenvalue weighted by Gasteiger charge is 2.28. The Bertz CT molecular complexity index is 1360. The zero-order chi connectivity index (χ0) is 51.3. The van der Waals surface area contributed by atoms with Gasteiger partial charge < -0.3 is 24.2 Å². The minimum atomic E-state index is -4.75. The van der Waals surface area contributed by atoms with Crippen LogP contribution in [0.3, 0.4) is 0 Å². The van der Waals surface area contributed by atoms with Gasteiger partial charge in [0.15, 0.2) is 6.10 Å². The first kappa shape index (κ1) is 67.4. The largest absolute Gasteiger partial charge is 0.472 e. The summed E-state index contributed by atoms with van der Waals surface area (Å²) in [6.07, 6.45) is 55.0. The summed E-state index contributed by atoms with van der Waals surface area (Å²) in [6, 6.07) is 0. The Hall–Kier alpha value is -2.56. The topological polar surface area (TPSA) is 155 Å². The summed E-state index contributed by atoms with van der Waals surface area (Å²) in [5, 5.41) is 9.79. The van der Waals surface area contributed by atoms with Crippen LogP contribution in [-0.2, 0) is 42.2 Å². The van der Waals surface area contributed by atoms with Gasteiger partial charge in [0.25, 0.3) is 0 Å². The maximum Gasteiger partial charge on any atom is 0.472 e. The van der Waals surface area contributed by atoms with Crippen molar-refractivity contribution in [3.05, 3.63) is 48.6 Å². The molecular weight excluding hydrogens is 904 g/mol. The Kier molecular flexibility index (Phi) is 50.8. The molecule has 0 aliphatic heterocycles. The fourth-order valence-electron chi connectivity index (χ4n) is 7.90. The van der Waals surface area contributed by atoms with Crippen molar-refractivity contribution >= 4 is 25.7 Å². The quantitative estimate of drug-likeness (QED) is 0.0197. The van der Waals surface area contributed by atoms with Crippen molar-refractivity contribution in [3.8, 4) is 0 Å². The molecule has 408 valence electrons. The van der Waals surface area contributed by atoms with Gasteiger partial charge in [-0.15, -0.1) is 0 Å². The van der Waals surface area contributed by atoms with Crippen molar-refractivity contribution in [2.45, 2.75) is 277 Å². The lowest BCUT2D eigenvalue weighted by molar-refractivity contribution is -0.161. The van der Waals surface area contributed by atoms with Crippen molar-refractivity contribution in [1.29, 1.82) is 0 Å². The fraction of sp³-hybridized carbons (Fsp3) is 0.810. The third kappa shape index (κ3) is 50.4. The summed E-state index contributed by atoms with van der Waals surface area (Å²) in [5.41, 5.74) is 0.